The Kier molecular flexibility index (Phi) is 6.36. The summed E-state index contributed by atoms with van der Waals surface area (Å²) in [5.41, 5.74) is 0.305. The maximum atomic E-state index is 13.2. The molecule has 0 fully saturated rings. The molecule has 0 saturated carbocycles. The second-order valence-electron chi connectivity index (χ2n) is 6.11. The van der Waals surface area contributed by atoms with E-state index in [-0.39, 0.29) is 41.3 Å². The fraction of sp³-hybridized carbons (Fsp3) is 0.227. The van der Waals surface area contributed by atoms with E-state index in [9.17, 15) is 14.4 Å². The van der Waals surface area contributed by atoms with Gasteiger partial charge in [0.2, 0.25) is 11.2 Å². The molecule has 1 aromatic heterocycles. The van der Waals surface area contributed by atoms with Crippen LogP contribution in [0.1, 0.15) is 17.5 Å². The van der Waals surface area contributed by atoms with E-state index in [1.807, 2.05) is 0 Å². The number of hydrogen-bond acceptors (Lipinski definition) is 8. The quantitative estimate of drug-likeness (QED) is 0.545. The number of hydrogen-bond donors (Lipinski definition) is 0. The van der Waals surface area contributed by atoms with Crippen LogP contribution in [0.15, 0.2) is 51.7 Å². The van der Waals surface area contributed by atoms with Gasteiger partial charge in [0.25, 0.3) is 0 Å². The van der Waals surface area contributed by atoms with Gasteiger partial charge in [-0.2, -0.15) is 0 Å². The Labute approximate surface area is 171 Å². The highest BCUT2D eigenvalue weighted by Crippen LogP contribution is 2.28. The predicted molar refractivity (Wildman–Crippen MR) is 108 cm³/mol. The number of carbonyl (C=O) groups excluding carboxylic acids is 2. The van der Waals surface area contributed by atoms with Gasteiger partial charge in [0.1, 0.15) is 17.1 Å². The number of carbonyl (C=O) groups is 2. The zero-order chi connectivity index (χ0) is 21.7. The average molecular weight is 412 g/mol. The van der Waals surface area contributed by atoms with Crippen molar-refractivity contribution in [2.75, 3.05) is 27.4 Å². The third kappa shape index (κ3) is 4.27. The van der Waals surface area contributed by atoms with E-state index in [0.29, 0.717) is 11.3 Å². The number of ether oxygens (including phenoxy) is 4. The lowest BCUT2D eigenvalue weighted by Gasteiger charge is -2.11. The first kappa shape index (κ1) is 20.9. The number of fused-ring (bicyclic) bond motifs is 1. The highest BCUT2D eigenvalue weighted by atomic mass is 16.6. The molecule has 30 heavy (non-hydrogen) atoms. The molecular weight excluding hydrogens is 392 g/mol. The minimum Gasteiger partial charge on any atom is -0.497 e. The van der Waals surface area contributed by atoms with Gasteiger partial charge in [0, 0.05) is 6.07 Å². The maximum absolute atomic E-state index is 13.2. The summed E-state index contributed by atoms with van der Waals surface area (Å²) in [4.78, 5) is 37.0. The normalized spacial score (nSPS) is 10.5. The summed E-state index contributed by atoms with van der Waals surface area (Å²) >= 11 is 0. The first-order valence-electron chi connectivity index (χ1n) is 9.10. The second kappa shape index (κ2) is 9.13. The molecule has 0 saturated heterocycles. The molecule has 0 unspecified atom stereocenters. The molecular formula is C22H20O8. The average Bonchev–Trinajstić information content (AvgIpc) is 2.77. The molecule has 8 heteroatoms. The lowest BCUT2D eigenvalue weighted by Crippen LogP contribution is -2.15. The van der Waals surface area contributed by atoms with Crippen LogP contribution >= 0.6 is 0 Å². The molecule has 0 aliphatic carbocycles. The van der Waals surface area contributed by atoms with E-state index >= 15 is 0 Å². The standard InChI is InChI=1S/C22H20O8/c1-4-28-22(25)21-19(13-5-7-14(26-2)8-6-13)20(24)16-10-9-15(11-17(16)30-21)29-12-18(23)27-3/h5-11H,4,12H2,1-3H3. The maximum Gasteiger partial charge on any atom is 0.375 e. The van der Waals surface area contributed by atoms with E-state index < -0.39 is 17.4 Å². The van der Waals surface area contributed by atoms with Gasteiger partial charge in [-0.15, -0.1) is 0 Å². The van der Waals surface area contributed by atoms with Crippen molar-refractivity contribution in [3.63, 3.8) is 0 Å². The Bertz CT molecular complexity index is 1130. The molecule has 2 aromatic carbocycles. The van der Waals surface area contributed by atoms with Gasteiger partial charge in [-0.3, -0.25) is 4.79 Å². The van der Waals surface area contributed by atoms with Crippen molar-refractivity contribution in [3.05, 3.63) is 58.4 Å². The van der Waals surface area contributed by atoms with Crippen molar-refractivity contribution in [2.24, 2.45) is 0 Å². The fourth-order valence-electron chi connectivity index (χ4n) is 2.82. The summed E-state index contributed by atoms with van der Waals surface area (Å²) in [6, 6.07) is 11.1. The molecule has 0 spiro atoms. The summed E-state index contributed by atoms with van der Waals surface area (Å²) < 4.78 is 25.8. The molecule has 156 valence electrons. The van der Waals surface area contributed by atoms with Crippen LogP contribution < -0.4 is 14.9 Å². The monoisotopic (exact) mass is 412 g/mol. The number of rotatable bonds is 7. The smallest absolute Gasteiger partial charge is 0.375 e. The van der Waals surface area contributed by atoms with Crippen molar-refractivity contribution >= 4 is 22.9 Å². The molecule has 0 N–H and O–H groups in total. The van der Waals surface area contributed by atoms with E-state index in [1.165, 1.54) is 32.4 Å². The lowest BCUT2D eigenvalue weighted by molar-refractivity contribution is -0.142. The zero-order valence-corrected chi connectivity index (χ0v) is 16.7. The summed E-state index contributed by atoms with van der Waals surface area (Å²) in [5, 5.41) is 0.249. The van der Waals surface area contributed by atoms with E-state index in [1.54, 1.807) is 31.2 Å². The van der Waals surface area contributed by atoms with Crippen LogP contribution in [0.25, 0.3) is 22.1 Å². The zero-order valence-electron chi connectivity index (χ0n) is 16.7. The second-order valence-corrected chi connectivity index (χ2v) is 6.11. The Morgan fingerprint density at radius 1 is 1.00 bits per heavy atom. The molecule has 0 bridgehead atoms. The summed E-state index contributed by atoms with van der Waals surface area (Å²) in [7, 11) is 2.78. The molecule has 8 nitrogen and oxygen atoms in total. The van der Waals surface area contributed by atoms with Crippen molar-refractivity contribution < 1.29 is 33.0 Å². The van der Waals surface area contributed by atoms with Crippen LogP contribution in [0.3, 0.4) is 0 Å². The van der Waals surface area contributed by atoms with Gasteiger partial charge in [0.05, 0.1) is 31.8 Å². The SMILES string of the molecule is CCOC(=O)c1oc2cc(OCC(=O)OC)ccc2c(=O)c1-c1ccc(OC)cc1. The van der Waals surface area contributed by atoms with Crippen molar-refractivity contribution in [1.29, 1.82) is 0 Å². The Morgan fingerprint density at radius 2 is 1.70 bits per heavy atom. The van der Waals surface area contributed by atoms with Crippen LogP contribution in [0.4, 0.5) is 0 Å². The van der Waals surface area contributed by atoms with Gasteiger partial charge in [0.15, 0.2) is 6.61 Å². The third-order valence-corrected chi connectivity index (χ3v) is 4.29. The summed E-state index contributed by atoms with van der Waals surface area (Å²) in [6.07, 6.45) is 0. The Balaban J connectivity index is 2.15. The van der Waals surface area contributed by atoms with Crippen LogP contribution in [0.5, 0.6) is 11.5 Å². The van der Waals surface area contributed by atoms with Gasteiger partial charge in [-0.1, -0.05) is 12.1 Å². The molecule has 1 heterocycles. The first-order valence-corrected chi connectivity index (χ1v) is 9.10. The highest BCUT2D eigenvalue weighted by molar-refractivity contribution is 5.97. The van der Waals surface area contributed by atoms with Crippen molar-refractivity contribution in [1.82, 2.24) is 0 Å². The summed E-state index contributed by atoms with van der Waals surface area (Å²) in [6.45, 7) is 1.47. The number of benzene rings is 2. The largest absolute Gasteiger partial charge is 0.497 e. The van der Waals surface area contributed by atoms with Gasteiger partial charge < -0.3 is 23.4 Å². The van der Waals surface area contributed by atoms with Gasteiger partial charge in [-0.25, -0.2) is 9.59 Å². The van der Waals surface area contributed by atoms with E-state index in [2.05, 4.69) is 4.74 Å². The van der Waals surface area contributed by atoms with E-state index in [0.717, 1.165) is 0 Å². The van der Waals surface area contributed by atoms with E-state index in [4.69, 9.17) is 18.6 Å². The first-order chi connectivity index (χ1) is 14.5. The topological polar surface area (TPSA) is 101 Å². The molecule has 0 atom stereocenters. The van der Waals surface area contributed by atoms with Gasteiger partial charge in [-0.05, 0) is 36.8 Å². The van der Waals surface area contributed by atoms with Crippen LogP contribution in [0, 0.1) is 0 Å². The van der Waals surface area contributed by atoms with Crippen molar-refractivity contribution in [2.45, 2.75) is 6.92 Å². The fourth-order valence-corrected chi connectivity index (χ4v) is 2.82. The molecule has 3 rings (SSSR count). The molecule has 0 amide bonds. The molecule has 3 aromatic rings. The van der Waals surface area contributed by atoms with Crippen molar-refractivity contribution in [3.8, 4) is 22.6 Å². The highest BCUT2D eigenvalue weighted by Gasteiger charge is 2.23. The molecule has 0 aliphatic rings. The minimum atomic E-state index is -0.761. The lowest BCUT2D eigenvalue weighted by atomic mass is 10.0. The van der Waals surface area contributed by atoms with Gasteiger partial charge >= 0.3 is 11.9 Å². The number of esters is 2. The molecule has 0 radical (unpaired) electrons. The minimum absolute atomic E-state index is 0.0897. The molecule has 0 aliphatic heterocycles. The third-order valence-electron chi connectivity index (χ3n) is 4.29. The predicted octanol–water partition coefficient (Wildman–Crippen LogP) is 3.20. The number of methoxy groups -OCH3 is 2. The van der Waals surface area contributed by atoms with Crippen LogP contribution in [-0.2, 0) is 14.3 Å². The van der Waals surface area contributed by atoms with Crippen LogP contribution in [0.2, 0.25) is 0 Å². The summed E-state index contributed by atoms with van der Waals surface area (Å²) in [5.74, 6) is -0.650. The Morgan fingerprint density at radius 3 is 2.33 bits per heavy atom. The van der Waals surface area contributed by atoms with Crippen LogP contribution in [-0.4, -0.2) is 39.4 Å². The Hall–Kier alpha value is -3.81.